The second-order valence-corrected chi connectivity index (χ2v) is 8.78. The molecular formula is C10H7ClMnO4. The summed E-state index contributed by atoms with van der Waals surface area (Å²) in [4.78, 5) is 48.1. The van der Waals surface area contributed by atoms with Crippen molar-refractivity contribution in [1.82, 2.24) is 0 Å². The molecule has 0 atom stereocenters. The molecule has 0 spiro atoms. The van der Waals surface area contributed by atoms with E-state index in [9.17, 15) is 19.2 Å². The van der Waals surface area contributed by atoms with Crippen molar-refractivity contribution >= 4 is 30.1 Å². The van der Waals surface area contributed by atoms with Crippen molar-refractivity contribution in [3.8, 4) is 0 Å². The van der Waals surface area contributed by atoms with Crippen molar-refractivity contribution in [3.05, 3.63) is 22.2 Å². The van der Waals surface area contributed by atoms with Crippen LogP contribution in [-0.2, 0) is 24.9 Å². The van der Waals surface area contributed by atoms with Gasteiger partial charge in [-0.2, -0.15) is 0 Å². The molecule has 0 aromatic carbocycles. The number of rotatable bonds is 2. The summed E-state index contributed by atoms with van der Waals surface area (Å²) in [5.74, 6) is 0. The van der Waals surface area contributed by atoms with E-state index in [0.29, 0.717) is 0 Å². The fourth-order valence-corrected chi connectivity index (χ4v) is 4.41. The molecule has 0 bridgehead atoms. The zero-order chi connectivity index (χ0) is 12.4. The minimum atomic E-state index is -5.22. The third-order valence-corrected chi connectivity index (χ3v) is 7.73. The van der Waals surface area contributed by atoms with E-state index in [1.54, 1.807) is 13.0 Å². The summed E-state index contributed by atoms with van der Waals surface area (Å²) < 4.78 is -1.23. The molecule has 16 heavy (non-hydrogen) atoms. The Labute approximate surface area is 95.4 Å². The molecule has 1 rings (SSSR count). The summed E-state index contributed by atoms with van der Waals surface area (Å²) >= 11 is 5.26. The number of carbonyl (C=O) groups is 1. The van der Waals surface area contributed by atoms with Crippen LogP contribution in [-0.4, -0.2) is 18.5 Å². The predicted octanol–water partition coefficient (Wildman–Crippen LogP) is 1.47. The van der Waals surface area contributed by atoms with Gasteiger partial charge in [-0.15, -0.1) is 0 Å². The van der Waals surface area contributed by atoms with Gasteiger partial charge in [0.2, 0.25) is 0 Å². The van der Waals surface area contributed by atoms with Crippen molar-refractivity contribution in [1.29, 1.82) is 0 Å². The summed E-state index contributed by atoms with van der Waals surface area (Å²) in [7, 11) is -5.22. The number of carbonyl (C=O) groups excluding carboxylic acids is 4. The molecule has 85 valence electrons. The zero-order valence-electron chi connectivity index (χ0n) is 8.25. The van der Waals surface area contributed by atoms with Crippen LogP contribution in [0.25, 0.3) is 0 Å². The molecule has 0 aliphatic heterocycles. The Morgan fingerprint density at radius 3 is 2.06 bits per heavy atom. The molecular weight excluding hydrogens is 274 g/mol. The summed E-state index contributed by atoms with van der Waals surface area (Å²) in [6, 6.07) is 0. The molecule has 0 saturated carbocycles. The van der Waals surface area contributed by atoms with Gasteiger partial charge in [0.25, 0.3) is 0 Å². The van der Waals surface area contributed by atoms with E-state index in [4.69, 9.17) is 11.6 Å². The number of halogens is 1. The van der Waals surface area contributed by atoms with Gasteiger partial charge >= 0.3 is 95.3 Å². The van der Waals surface area contributed by atoms with Crippen LogP contribution in [0.4, 0.5) is 4.79 Å². The standard InChI is InChI=1S/C6H7.CClO.3CO.Mn/c1-6-4-2-3-5-6;2-1-3;3*1-2;/h4-5H,2H2,1H3;;;;;. The molecule has 0 heterocycles. The maximum atomic E-state index is 11.4. The molecule has 4 nitrogen and oxygen atoms in total. The quantitative estimate of drug-likeness (QED) is 0.568. The maximum absolute atomic E-state index is 11.4. The Bertz CT molecular complexity index is 678. The van der Waals surface area contributed by atoms with Gasteiger partial charge in [0.05, 0.1) is 0 Å². The van der Waals surface area contributed by atoms with Crippen molar-refractivity contribution < 1.29 is 29.7 Å². The first-order chi connectivity index (χ1) is 7.45. The van der Waals surface area contributed by atoms with E-state index in [1.807, 2.05) is 0 Å². The molecule has 6 heteroatoms. The molecule has 0 unspecified atom stereocenters. The molecule has 0 saturated heterocycles. The molecule has 0 N–H and O–H groups in total. The van der Waals surface area contributed by atoms with Crippen LogP contribution in [0, 0.1) is 0 Å². The third-order valence-electron chi connectivity index (χ3n) is 2.25. The first kappa shape index (κ1) is 12.8. The SMILES string of the molecule is CC1=CC[C]([Mn](=[C]=O)(=[C]=O)(=[C]=O)[C](=O)Cl)=C1. The van der Waals surface area contributed by atoms with Crippen molar-refractivity contribution in [2.24, 2.45) is 0 Å². The zero-order valence-corrected chi connectivity index (χ0v) is 10.2. The van der Waals surface area contributed by atoms with Gasteiger partial charge in [0.1, 0.15) is 0 Å². The van der Waals surface area contributed by atoms with Crippen LogP contribution >= 0.6 is 11.6 Å². The van der Waals surface area contributed by atoms with Gasteiger partial charge in [-0.25, -0.2) is 0 Å². The summed E-state index contributed by atoms with van der Waals surface area (Å²) in [6.45, 7) is 1.71. The van der Waals surface area contributed by atoms with Crippen LogP contribution in [0.3, 0.4) is 0 Å². The first-order valence-corrected chi connectivity index (χ1v) is 7.41. The Balaban J connectivity index is 4.08. The topological polar surface area (TPSA) is 68.3 Å². The van der Waals surface area contributed by atoms with Gasteiger partial charge in [0.15, 0.2) is 0 Å². The van der Waals surface area contributed by atoms with E-state index in [2.05, 4.69) is 0 Å². The van der Waals surface area contributed by atoms with Gasteiger partial charge in [-0.3, -0.25) is 0 Å². The fourth-order valence-electron chi connectivity index (χ4n) is 1.27. The van der Waals surface area contributed by atoms with Crippen LogP contribution in [0.1, 0.15) is 13.3 Å². The van der Waals surface area contributed by atoms with E-state index in [-0.39, 0.29) is 10.9 Å². The van der Waals surface area contributed by atoms with Crippen LogP contribution in [0.5, 0.6) is 0 Å². The van der Waals surface area contributed by atoms with Gasteiger partial charge in [-0.05, 0) is 0 Å². The minimum absolute atomic E-state index is 0.0824. The summed E-state index contributed by atoms with van der Waals surface area (Å²) in [5.41, 5.74) is 0.744. The Morgan fingerprint density at radius 1 is 1.31 bits per heavy atom. The van der Waals surface area contributed by atoms with Crippen LogP contribution in [0.2, 0.25) is 0 Å². The van der Waals surface area contributed by atoms with E-state index in [1.165, 1.54) is 20.4 Å². The average Bonchev–Trinajstić information content (AvgIpc) is 2.70. The molecule has 1 aliphatic rings. The van der Waals surface area contributed by atoms with Crippen LogP contribution in [0.15, 0.2) is 22.2 Å². The van der Waals surface area contributed by atoms with Crippen molar-refractivity contribution in [2.45, 2.75) is 13.3 Å². The van der Waals surface area contributed by atoms with E-state index in [0.717, 1.165) is 5.57 Å². The Morgan fingerprint density at radius 2 is 1.81 bits per heavy atom. The van der Waals surface area contributed by atoms with Crippen molar-refractivity contribution in [3.63, 3.8) is 0 Å². The Hall–Kier alpha value is -1.30. The van der Waals surface area contributed by atoms with Gasteiger partial charge < -0.3 is 0 Å². The molecule has 1 aliphatic carbocycles. The van der Waals surface area contributed by atoms with E-state index < -0.39 is 14.6 Å². The molecule has 0 radical (unpaired) electrons. The fraction of sp³-hybridized carbons (Fsp3) is 0.200. The first-order valence-electron chi connectivity index (χ1n) is 4.08. The number of hydrogen-bond acceptors (Lipinski definition) is 4. The molecule has 0 fully saturated rings. The van der Waals surface area contributed by atoms with Crippen molar-refractivity contribution in [2.75, 3.05) is 0 Å². The third kappa shape index (κ3) is 1.36. The summed E-state index contributed by atoms with van der Waals surface area (Å²) in [6.07, 6.45) is 3.25. The normalized spacial score (nSPS) is 17.0. The molecule has 0 aromatic heterocycles. The second-order valence-electron chi connectivity index (χ2n) is 3.15. The van der Waals surface area contributed by atoms with Crippen LogP contribution < -0.4 is 0 Å². The average molecular weight is 282 g/mol. The number of hydrogen-bond donors (Lipinski definition) is 0. The summed E-state index contributed by atoms with van der Waals surface area (Å²) in [5, 5.41) is 0. The number of allylic oxidation sites excluding steroid dienone is 4. The Kier molecular flexibility index (Phi) is 3.14. The molecule has 0 amide bonds. The second kappa shape index (κ2) is 3.93. The van der Waals surface area contributed by atoms with E-state index >= 15 is 0 Å². The monoisotopic (exact) mass is 281 g/mol. The predicted molar refractivity (Wildman–Crippen MR) is 54.8 cm³/mol. The van der Waals surface area contributed by atoms with Gasteiger partial charge in [0, 0.05) is 0 Å². The van der Waals surface area contributed by atoms with Gasteiger partial charge in [-0.1, -0.05) is 0 Å². The molecule has 0 aromatic rings.